The van der Waals surface area contributed by atoms with Crippen molar-refractivity contribution < 1.29 is 4.39 Å². The highest BCUT2D eigenvalue weighted by Gasteiger charge is 2.22. The van der Waals surface area contributed by atoms with Gasteiger partial charge in [0, 0.05) is 5.69 Å². The molecule has 0 unspecified atom stereocenters. The predicted octanol–water partition coefficient (Wildman–Crippen LogP) is 4.61. The molecule has 0 aliphatic carbocycles. The van der Waals surface area contributed by atoms with Crippen LogP contribution in [-0.2, 0) is 0 Å². The van der Waals surface area contributed by atoms with Crippen LogP contribution in [0.5, 0.6) is 0 Å². The van der Waals surface area contributed by atoms with Crippen molar-refractivity contribution in [3.63, 3.8) is 0 Å². The van der Waals surface area contributed by atoms with E-state index in [1.807, 2.05) is 24.3 Å². The molecule has 0 bridgehead atoms. The van der Waals surface area contributed by atoms with Crippen molar-refractivity contribution in [3.05, 3.63) is 79.3 Å². The highest BCUT2D eigenvalue weighted by Crippen LogP contribution is 2.29. The Morgan fingerprint density at radius 3 is 2.25 bits per heavy atom. The molecule has 24 heavy (non-hydrogen) atoms. The third-order valence-corrected chi connectivity index (χ3v) is 4.25. The van der Waals surface area contributed by atoms with Gasteiger partial charge in [-0.05, 0) is 35.2 Å². The normalized spacial score (nSPS) is 11.2. The molecule has 0 aliphatic rings. The summed E-state index contributed by atoms with van der Waals surface area (Å²) in [5, 5.41) is 2.82. The highest BCUT2D eigenvalue weighted by atomic mass is 35.5. The summed E-state index contributed by atoms with van der Waals surface area (Å²) >= 11 is 5.74. The fourth-order valence-electron chi connectivity index (χ4n) is 2.54. The van der Waals surface area contributed by atoms with Gasteiger partial charge < -0.3 is 5.32 Å². The lowest BCUT2D eigenvalue weighted by atomic mass is 9.95. The summed E-state index contributed by atoms with van der Waals surface area (Å²) in [5.41, 5.74) is 1.72. The van der Waals surface area contributed by atoms with E-state index in [-0.39, 0.29) is 10.7 Å². The minimum atomic E-state index is -0.585. The molecule has 3 nitrogen and oxygen atoms in total. The lowest BCUT2D eigenvalue weighted by molar-refractivity contribution is 0.628. The molecule has 3 rings (SSSR count). The van der Waals surface area contributed by atoms with Gasteiger partial charge in [0.15, 0.2) is 0 Å². The van der Waals surface area contributed by atoms with Gasteiger partial charge in [-0.2, -0.15) is 0 Å². The van der Waals surface area contributed by atoms with Crippen LogP contribution in [0, 0.1) is 5.82 Å². The molecule has 0 atom stereocenters. The molecule has 3 aromatic carbocycles. The number of anilines is 2. The van der Waals surface area contributed by atoms with E-state index in [0.717, 1.165) is 5.56 Å². The molecule has 0 heterocycles. The molecule has 0 amide bonds. The molecule has 1 N–H and O–H groups in total. The lowest BCUT2D eigenvalue weighted by Crippen LogP contribution is -2.35. The van der Waals surface area contributed by atoms with E-state index >= 15 is 0 Å². The van der Waals surface area contributed by atoms with E-state index in [4.69, 9.17) is 11.6 Å². The van der Waals surface area contributed by atoms with Crippen LogP contribution in [0.4, 0.5) is 15.8 Å². The summed E-state index contributed by atoms with van der Waals surface area (Å²) in [7, 11) is 0. The number of benzene rings is 2. The van der Waals surface area contributed by atoms with E-state index in [9.17, 15) is 14.0 Å². The van der Waals surface area contributed by atoms with Crippen molar-refractivity contribution >= 4 is 23.0 Å². The molecule has 0 spiro atoms. The number of hydrogen-bond donors (Lipinski definition) is 1. The molecule has 122 valence electrons. The third-order valence-electron chi connectivity index (χ3n) is 3.97. The molecular formula is C19H15ClFNO2. The van der Waals surface area contributed by atoms with E-state index in [1.54, 1.807) is 0 Å². The smallest absolute Gasteiger partial charge is 0.250 e. The average Bonchev–Trinajstić information content (AvgIpc) is 2.57. The monoisotopic (exact) mass is 343 g/mol. The number of rotatable bonds is 4. The number of hydrogen-bond acceptors (Lipinski definition) is 3. The molecule has 3 aromatic rings. The van der Waals surface area contributed by atoms with Gasteiger partial charge >= 0.3 is 0 Å². The maximum Gasteiger partial charge on any atom is 0.250 e. The van der Waals surface area contributed by atoms with Gasteiger partial charge in [-0.1, -0.05) is 49.7 Å². The van der Waals surface area contributed by atoms with Crippen LogP contribution in [-0.4, -0.2) is 0 Å². The van der Waals surface area contributed by atoms with Crippen LogP contribution < -0.4 is 16.2 Å². The van der Waals surface area contributed by atoms with Gasteiger partial charge in [0.2, 0.25) is 5.43 Å². The second-order valence-corrected chi connectivity index (χ2v) is 6.35. The summed E-state index contributed by atoms with van der Waals surface area (Å²) in [6.45, 7) is 4.16. The predicted molar refractivity (Wildman–Crippen MR) is 95.6 cm³/mol. The second-order valence-electron chi connectivity index (χ2n) is 5.94. The Bertz CT molecular complexity index is 970. The van der Waals surface area contributed by atoms with Crippen molar-refractivity contribution in [3.8, 4) is 11.1 Å². The Balaban J connectivity index is 1.96. The molecule has 0 radical (unpaired) electrons. The number of halogens is 2. The summed E-state index contributed by atoms with van der Waals surface area (Å²) in [5.74, 6) is -0.164. The minimum Gasteiger partial charge on any atom is -0.352 e. The van der Waals surface area contributed by atoms with E-state index in [1.165, 1.54) is 18.2 Å². The summed E-state index contributed by atoms with van der Waals surface area (Å²) in [4.78, 5) is 23.9. The highest BCUT2D eigenvalue weighted by molar-refractivity contribution is 6.31. The van der Waals surface area contributed by atoms with Crippen molar-refractivity contribution in [2.45, 2.75) is 19.8 Å². The maximum atomic E-state index is 13.2. The lowest BCUT2D eigenvalue weighted by Gasteiger charge is -2.14. The fraction of sp³-hybridized carbons (Fsp3) is 0.158. The second kappa shape index (κ2) is 6.21. The van der Waals surface area contributed by atoms with Gasteiger partial charge in [0.25, 0.3) is 5.43 Å². The SMILES string of the molecule is CC(C)c1ccc(-c2c(Nc3ccc(F)c(Cl)c3)c(=O)c2=O)cc1. The summed E-state index contributed by atoms with van der Waals surface area (Å²) in [6, 6.07) is 11.6. The van der Waals surface area contributed by atoms with E-state index in [0.29, 0.717) is 22.7 Å². The Kier molecular flexibility index (Phi) is 4.24. The zero-order valence-corrected chi connectivity index (χ0v) is 13.9. The summed E-state index contributed by atoms with van der Waals surface area (Å²) in [6.07, 6.45) is 0. The molecular weight excluding hydrogens is 329 g/mol. The largest absolute Gasteiger partial charge is 0.352 e. The van der Waals surface area contributed by atoms with Crippen LogP contribution in [0.2, 0.25) is 5.02 Å². The Labute approximate surface area is 143 Å². The van der Waals surface area contributed by atoms with Gasteiger partial charge in [-0.15, -0.1) is 0 Å². The van der Waals surface area contributed by atoms with Crippen LogP contribution in [0.1, 0.15) is 25.3 Å². The van der Waals surface area contributed by atoms with Crippen molar-refractivity contribution in [1.29, 1.82) is 0 Å². The topological polar surface area (TPSA) is 46.2 Å². The van der Waals surface area contributed by atoms with Crippen LogP contribution >= 0.6 is 11.6 Å². The van der Waals surface area contributed by atoms with Crippen molar-refractivity contribution in [2.75, 3.05) is 5.32 Å². The maximum absolute atomic E-state index is 13.2. The first kappa shape index (κ1) is 16.4. The Morgan fingerprint density at radius 1 is 1.00 bits per heavy atom. The number of nitrogens with one attached hydrogen (secondary N) is 1. The molecule has 0 saturated heterocycles. The first-order chi connectivity index (χ1) is 11.4. The molecule has 0 aromatic heterocycles. The standard InChI is InChI=1S/C19H15ClFNO2/c1-10(2)11-3-5-12(6-4-11)16-17(19(24)18(16)23)22-13-7-8-15(21)14(20)9-13/h3-10,22H,1-2H3. The minimum absolute atomic E-state index is 0.0541. The Morgan fingerprint density at radius 2 is 1.67 bits per heavy atom. The van der Waals surface area contributed by atoms with E-state index in [2.05, 4.69) is 19.2 Å². The van der Waals surface area contributed by atoms with Gasteiger partial charge in [0.1, 0.15) is 11.5 Å². The van der Waals surface area contributed by atoms with Crippen LogP contribution in [0.25, 0.3) is 11.1 Å². The van der Waals surface area contributed by atoms with Gasteiger partial charge in [0.05, 0.1) is 10.6 Å². The van der Waals surface area contributed by atoms with Crippen molar-refractivity contribution in [2.24, 2.45) is 0 Å². The molecule has 0 fully saturated rings. The first-order valence-electron chi connectivity index (χ1n) is 7.54. The zero-order chi connectivity index (χ0) is 17.4. The van der Waals surface area contributed by atoms with E-state index < -0.39 is 16.7 Å². The Hall–Kier alpha value is -2.46. The zero-order valence-electron chi connectivity index (χ0n) is 13.2. The molecule has 0 aliphatic heterocycles. The van der Waals surface area contributed by atoms with Gasteiger partial charge in [-0.25, -0.2) is 4.39 Å². The van der Waals surface area contributed by atoms with Gasteiger partial charge in [-0.3, -0.25) is 9.59 Å². The fourth-order valence-corrected chi connectivity index (χ4v) is 2.72. The molecule has 0 saturated carbocycles. The average molecular weight is 344 g/mol. The molecule has 5 heteroatoms. The summed E-state index contributed by atoms with van der Waals surface area (Å²) < 4.78 is 13.2. The quantitative estimate of drug-likeness (QED) is 0.704. The first-order valence-corrected chi connectivity index (χ1v) is 7.92. The van der Waals surface area contributed by atoms with Crippen molar-refractivity contribution in [1.82, 2.24) is 0 Å². The van der Waals surface area contributed by atoms with Crippen LogP contribution in [0.3, 0.4) is 0 Å². The third kappa shape index (κ3) is 2.85. The van der Waals surface area contributed by atoms with Crippen LogP contribution in [0.15, 0.2) is 52.1 Å².